The second-order valence-corrected chi connectivity index (χ2v) is 10.7. The van der Waals surface area contributed by atoms with Crippen LogP contribution in [0.4, 0.5) is 0 Å². The number of benzene rings is 1. The Morgan fingerprint density at radius 1 is 0.812 bits per heavy atom. The largest absolute Gasteiger partial charge is 1.00 e. The number of unbranched alkanes of at least 4 members (excludes halogenated alkanes) is 10. The van der Waals surface area contributed by atoms with Crippen molar-refractivity contribution < 1.29 is 47.3 Å². The Morgan fingerprint density at radius 3 is 1.84 bits per heavy atom. The quantitative estimate of drug-likeness (QED) is 0.181. The number of ether oxygens (including phenoxy) is 1. The van der Waals surface area contributed by atoms with Crippen molar-refractivity contribution in [2.24, 2.45) is 0 Å². The predicted octanol–water partition coefficient (Wildman–Crippen LogP) is 4.20. The molecule has 0 N–H and O–H groups in total. The molecule has 1 rings (SSSR count). The van der Waals surface area contributed by atoms with Crippen LogP contribution in [0.5, 0.6) is 5.75 Å². The molecule has 6 heteroatoms. The Morgan fingerprint density at radius 2 is 1.31 bits per heavy atom. The van der Waals surface area contributed by atoms with Gasteiger partial charge in [-0.2, -0.15) is 0 Å². The van der Waals surface area contributed by atoms with Gasteiger partial charge >= 0.3 is 29.6 Å². The number of rotatable bonds is 18. The maximum absolute atomic E-state index is 11.4. The van der Waals surface area contributed by atoms with Crippen molar-refractivity contribution in [1.29, 1.82) is 0 Å². The van der Waals surface area contributed by atoms with Crippen molar-refractivity contribution in [2.75, 3.05) is 0 Å². The molecule has 0 spiro atoms. The van der Waals surface area contributed by atoms with Crippen LogP contribution in [0.3, 0.4) is 0 Å². The molecule has 0 amide bonds. The van der Waals surface area contributed by atoms with E-state index in [1.54, 1.807) is 6.92 Å². The molecular weight excluding hydrogens is 431 g/mol. The first-order chi connectivity index (χ1) is 14.8. The minimum absolute atomic E-state index is 0. The summed E-state index contributed by atoms with van der Waals surface area (Å²) >= 11 is 0. The van der Waals surface area contributed by atoms with Gasteiger partial charge in [-0.1, -0.05) is 90.2 Å². The van der Waals surface area contributed by atoms with Gasteiger partial charge in [0.2, 0.25) is 0 Å². The second kappa shape index (κ2) is 18.3. The molecule has 0 aromatic heterocycles. The fourth-order valence-electron chi connectivity index (χ4n) is 3.95. The summed E-state index contributed by atoms with van der Waals surface area (Å²) in [6, 6.07) is 6.11. The van der Waals surface area contributed by atoms with Crippen molar-refractivity contribution in [2.45, 2.75) is 129 Å². The summed E-state index contributed by atoms with van der Waals surface area (Å²) < 4.78 is 40.3. The standard InChI is InChI=1S/C26H46O4S.Na/c1-5-7-9-11-13-15-18-24-19-17-21-26(30-22(3)23(4)31(27,28)29)25(24)20-16-14-12-10-8-6-2;/h17,19,21-23H,5-16,18,20H2,1-4H3,(H,27,28,29);/q;+1/p-1. The molecule has 0 bridgehead atoms. The van der Waals surface area contributed by atoms with E-state index in [0.29, 0.717) is 0 Å². The molecule has 0 saturated heterocycles. The van der Waals surface area contributed by atoms with Gasteiger partial charge in [0.05, 0.1) is 5.25 Å². The van der Waals surface area contributed by atoms with Crippen LogP contribution in [0.2, 0.25) is 0 Å². The zero-order valence-electron chi connectivity index (χ0n) is 21.3. The molecule has 0 radical (unpaired) electrons. The molecule has 1 aromatic rings. The van der Waals surface area contributed by atoms with Crippen LogP contribution in [-0.4, -0.2) is 24.3 Å². The Hall–Kier alpha value is -0.0700. The van der Waals surface area contributed by atoms with E-state index >= 15 is 0 Å². The molecule has 2 unspecified atom stereocenters. The summed E-state index contributed by atoms with van der Waals surface area (Å²) in [6.07, 6.45) is 16.3. The van der Waals surface area contributed by atoms with E-state index in [-0.39, 0.29) is 29.6 Å². The number of hydrogen-bond acceptors (Lipinski definition) is 4. The van der Waals surface area contributed by atoms with Gasteiger partial charge in [0.15, 0.2) is 0 Å². The van der Waals surface area contributed by atoms with Crippen molar-refractivity contribution in [3.8, 4) is 5.75 Å². The van der Waals surface area contributed by atoms with Gasteiger partial charge < -0.3 is 9.29 Å². The van der Waals surface area contributed by atoms with Gasteiger partial charge in [-0.15, -0.1) is 0 Å². The zero-order valence-corrected chi connectivity index (χ0v) is 24.1. The van der Waals surface area contributed by atoms with Crippen LogP contribution in [-0.2, 0) is 23.0 Å². The SMILES string of the molecule is CCCCCCCCc1cccc(OC(C)C(C)S(=O)(=O)[O-])c1CCCCCCCC.[Na+]. The van der Waals surface area contributed by atoms with E-state index < -0.39 is 21.5 Å². The summed E-state index contributed by atoms with van der Waals surface area (Å²) in [6.45, 7) is 7.57. The third-order valence-electron chi connectivity index (χ3n) is 6.24. The third kappa shape index (κ3) is 13.0. The van der Waals surface area contributed by atoms with Crippen LogP contribution < -0.4 is 34.3 Å². The van der Waals surface area contributed by atoms with E-state index in [9.17, 15) is 13.0 Å². The Labute approximate surface area is 220 Å². The van der Waals surface area contributed by atoms with Gasteiger partial charge in [0.1, 0.15) is 22.0 Å². The zero-order chi connectivity index (χ0) is 23.1. The minimum atomic E-state index is -4.38. The Bertz CT molecular complexity index is 706. The van der Waals surface area contributed by atoms with Crippen LogP contribution in [0.25, 0.3) is 0 Å². The molecule has 0 aliphatic rings. The topological polar surface area (TPSA) is 66.4 Å². The van der Waals surface area contributed by atoms with Crippen LogP contribution in [0.1, 0.15) is 116 Å². The smallest absolute Gasteiger partial charge is 0.748 e. The molecule has 180 valence electrons. The minimum Gasteiger partial charge on any atom is -0.748 e. The van der Waals surface area contributed by atoms with Gasteiger partial charge in [0, 0.05) is 0 Å². The summed E-state index contributed by atoms with van der Waals surface area (Å²) in [5, 5.41) is -1.07. The average Bonchev–Trinajstić information content (AvgIpc) is 2.73. The molecular formula is C26H45NaO4S. The molecule has 32 heavy (non-hydrogen) atoms. The maximum Gasteiger partial charge on any atom is 1.00 e. The third-order valence-corrected chi connectivity index (χ3v) is 7.53. The monoisotopic (exact) mass is 476 g/mol. The molecule has 0 saturated carbocycles. The first kappa shape index (κ1) is 31.9. The molecule has 1 aromatic carbocycles. The Balaban J connectivity index is 0.00000961. The molecule has 2 atom stereocenters. The molecule has 4 nitrogen and oxygen atoms in total. The van der Waals surface area contributed by atoms with Crippen LogP contribution in [0, 0.1) is 0 Å². The fourth-order valence-corrected chi connectivity index (χ4v) is 4.47. The van der Waals surface area contributed by atoms with E-state index in [1.165, 1.54) is 82.3 Å². The molecule has 0 fully saturated rings. The molecule has 0 heterocycles. The molecule has 0 aliphatic carbocycles. The second-order valence-electron chi connectivity index (χ2n) is 8.95. The number of hydrogen-bond donors (Lipinski definition) is 0. The molecule has 0 aliphatic heterocycles. The van der Waals surface area contributed by atoms with Crippen molar-refractivity contribution in [1.82, 2.24) is 0 Å². The van der Waals surface area contributed by atoms with Crippen molar-refractivity contribution >= 4 is 10.1 Å². The summed E-state index contributed by atoms with van der Waals surface area (Å²) in [7, 11) is -4.38. The maximum atomic E-state index is 11.4. The van der Waals surface area contributed by atoms with Crippen molar-refractivity contribution in [3.05, 3.63) is 29.3 Å². The van der Waals surface area contributed by atoms with E-state index in [0.717, 1.165) is 31.4 Å². The van der Waals surface area contributed by atoms with Gasteiger partial charge in [0.25, 0.3) is 0 Å². The van der Waals surface area contributed by atoms with E-state index in [2.05, 4.69) is 19.9 Å². The van der Waals surface area contributed by atoms with Gasteiger partial charge in [-0.05, 0) is 56.7 Å². The first-order valence-electron chi connectivity index (χ1n) is 12.5. The summed E-state index contributed by atoms with van der Waals surface area (Å²) in [5.74, 6) is 0.750. The first-order valence-corrected chi connectivity index (χ1v) is 14.0. The van der Waals surface area contributed by atoms with E-state index in [1.807, 2.05) is 12.1 Å². The van der Waals surface area contributed by atoms with Crippen LogP contribution >= 0.6 is 0 Å². The van der Waals surface area contributed by atoms with E-state index in [4.69, 9.17) is 4.74 Å². The number of aryl methyl sites for hydroxylation is 1. The Kier molecular flexibility index (Phi) is 18.2. The normalized spacial score (nSPS) is 13.4. The summed E-state index contributed by atoms with van der Waals surface area (Å²) in [5.41, 5.74) is 2.51. The van der Waals surface area contributed by atoms with Crippen LogP contribution in [0.15, 0.2) is 18.2 Å². The summed E-state index contributed by atoms with van der Waals surface area (Å²) in [4.78, 5) is 0. The fraction of sp³-hybridized carbons (Fsp3) is 0.769. The van der Waals surface area contributed by atoms with Crippen molar-refractivity contribution in [3.63, 3.8) is 0 Å². The van der Waals surface area contributed by atoms with Gasteiger partial charge in [-0.3, -0.25) is 0 Å². The average molecular weight is 477 g/mol. The van der Waals surface area contributed by atoms with Gasteiger partial charge in [-0.25, -0.2) is 8.42 Å². The predicted molar refractivity (Wildman–Crippen MR) is 130 cm³/mol.